The van der Waals surface area contributed by atoms with E-state index in [0.29, 0.717) is 6.04 Å². The fraction of sp³-hybridized carbons (Fsp3) is 0.588. The summed E-state index contributed by atoms with van der Waals surface area (Å²) in [6.45, 7) is 5.09. The molecule has 1 aliphatic heterocycles. The van der Waals surface area contributed by atoms with E-state index in [-0.39, 0.29) is 17.9 Å². The van der Waals surface area contributed by atoms with Gasteiger partial charge in [-0.15, -0.1) is 0 Å². The SMILES string of the molecule is CC(c1ccc(S(C)=O)cc1)N(C)C(=O)[C@H]1CCN[C@@H](C)C1. The second kappa shape index (κ2) is 7.38. The molecule has 1 saturated heterocycles. The molecule has 122 valence electrons. The molecule has 4 atom stereocenters. The summed E-state index contributed by atoms with van der Waals surface area (Å²) < 4.78 is 11.4. The summed E-state index contributed by atoms with van der Waals surface area (Å²) in [4.78, 5) is 15.3. The Hall–Kier alpha value is -1.20. The van der Waals surface area contributed by atoms with Crippen LogP contribution in [-0.4, -0.2) is 40.9 Å². The summed E-state index contributed by atoms with van der Waals surface area (Å²) >= 11 is 0. The normalized spacial score (nSPS) is 24.5. The van der Waals surface area contributed by atoms with Crippen LogP contribution in [0.25, 0.3) is 0 Å². The van der Waals surface area contributed by atoms with Crippen molar-refractivity contribution >= 4 is 16.7 Å². The maximum absolute atomic E-state index is 12.7. The number of benzene rings is 1. The van der Waals surface area contributed by atoms with E-state index in [9.17, 15) is 9.00 Å². The minimum absolute atomic E-state index is 0.0250. The van der Waals surface area contributed by atoms with Crippen LogP contribution in [0.1, 0.15) is 38.3 Å². The molecule has 0 saturated carbocycles. The molecular weight excluding hydrogens is 296 g/mol. The average molecular weight is 322 g/mol. The van der Waals surface area contributed by atoms with Crippen LogP contribution in [-0.2, 0) is 15.6 Å². The molecule has 1 aromatic rings. The second-order valence-corrected chi connectivity index (χ2v) is 7.60. The van der Waals surface area contributed by atoms with Crippen LogP contribution in [0.3, 0.4) is 0 Å². The molecule has 1 N–H and O–H groups in total. The van der Waals surface area contributed by atoms with Crippen molar-refractivity contribution in [1.29, 1.82) is 0 Å². The van der Waals surface area contributed by atoms with E-state index in [1.807, 2.05) is 43.1 Å². The van der Waals surface area contributed by atoms with Gasteiger partial charge in [-0.2, -0.15) is 0 Å². The van der Waals surface area contributed by atoms with Gasteiger partial charge < -0.3 is 10.2 Å². The number of nitrogens with zero attached hydrogens (tertiary/aromatic N) is 1. The largest absolute Gasteiger partial charge is 0.339 e. The molecule has 1 aliphatic rings. The summed E-state index contributed by atoms with van der Waals surface area (Å²) in [5.74, 6) is 0.343. The molecule has 0 aromatic heterocycles. The zero-order valence-electron chi connectivity index (χ0n) is 13.8. The third-order valence-electron chi connectivity index (χ3n) is 4.60. The third kappa shape index (κ3) is 3.96. The molecule has 2 rings (SSSR count). The lowest BCUT2D eigenvalue weighted by atomic mass is 9.91. The molecule has 22 heavy (non-hydrogen) atoms. The first-order chi connectivity index (χ1) is 10.4. The van der Waals surface area contributed by atoms with E-state index in [1.165, 1.54) is 0 Å². The Bertz CT molecular complexity index is 544. The molecule has 1 aromatic carbocycles. The van der Waals surface area contributed by atoms with Crippen LogP contribution in [0.2, 0.25) is 0 Å². The molecule has 0 bridgehead atoms. The van der Waals surface area contributed by atoms with Crippen molar-refractivity contribution < 1.29 is 9.00 Å². The van der Waals surface area contributed by atoms with Crippen molar-refractivity contribution in [3.63, 3.8) is 0 Å². The van der Waals surface area contributed by atoms with Gasteiger partial charge in [0.1, 0.15) is 0 Å². The van der Waals surface area contributed by atoms with Gasteiger partial charge in [-0.25, -0.2) is 0 Å². The predicted molar refractivity (Wildman–Crippen MR) is 90.1 cm³/mol. The highest BCUT2D eigenvalue weighted by atomic mass is 32.2. The average Bonchev–Trinajstić information content (AvgIpc) is 2.52. The summed E-state index contributed by atoms with van der Waals surface area (Å²) in [7, 11) is 0.915. The van der Waals surface area contributed by atoms with E-state index in [1.54, 1.807) is 6.26 Å². The lowest BCUT2D eigenvalue weighted by molar-refractivity contribution is -0.137. The Balaban J connectivity index is 2.05. The molecule has 2 unspecified atom stereocenters. The molecule has 0 radical (unpaired) electrons. The van der Waals surface area contributed by atoms with E-state index in [4.69, 9.17) is 0 Å². The number of amides is 1. The van der Waals surface area contributed by atoms with Crippen LogP contribution < -0.4 is 5.32 Å². The molecular formula is C17H26N2O2S. The van der Waals surface area contributed by atoms with Crippen molar-refractivity contribution in [3.05, 3.63) is 29.8 Å². The quantitative estimate of drug-likeness (QED) is 0.925. The van der Waals surface area contributed by atoms with E-state index in [0.717, 1.165) is 29.8 Å². The van der Waals surface area contributed by atoms with Crippen LogP contribution in [0.4, 0.5) is 0 Å². The summed E-state index contributed by atoms with van der Waals surface area (Å²) in [6, 6.07) is 8.13. The number of nitrogens with one attached hydrogen (secondary N) is 1. The van der Waals surface area contributed by atoms with Gasteiger partial charge in [-0.1, -0.05) is 12.1 Å². The maximum Gasteiger partial charge on any atom is 0.226 e. The highest BCUT2D eigenvalue weighted by molar-refractivity contribution is 7.84. The molecule has 0 spiro atoms. The number of carbonyl (C=O) groups excluding carboxylic acids is 1. The van der Waals surface area contributed by atoms with Gasteiger partial charge in [-0.3, -0.25) is 9.00 Å². The summed E-state index contributed by atoms with van der Waals surface area (Å²) in [5.41, 5.74) is 1.08. The maximum atomic E-state index is 12.7. The van der Waals surface area contributed by atoms with Gasteiger partial charge in [0, 0.05) is 41.0 Å². The number of piperidine rings is 1. The van der Waals surface area contributed by atoms with Gasteiger partial charge in [-0.05, 0) is 50.9 Å². The van der Waals surface area contributed by atoms with Gasteiger partial charge >= 0.3 is 0 Å². The molecule has 1 fully saturated rings. The van der Waals surface area contributed by atoms with Crippen molar-refractivity contribution in [2.75, 3.05) is 19.8 Å². The molecule has 0 aliphatic carbocycles. The lowest BCUT2D eigenvalue weighted by Gasteiger charge is -2.33. The minimum atomic E-state index is -0.965. The smallest absolute Gasteiger partial charge is 0.226 e. The monoisotopic (exact) mass is 322 g/mol. The fourth-order valence-electron chi connectivity index (χ4n) is 3.00. The first-order valence-corrected chi connectivity index (χ1v) is 9.39. The zero-order chi connectivity index (χ0) is 16.3. The van der Waals surface area contributed by atoms with E-state index in [2.05, 4.69) is 12.2 Å². The van der Waals surface area contributed by atoms with Crippen LogP contribution in [0.5, 0.6) is 0 Å². The van der Waals surface area contributed by atoms with Gasteiger partial charge in [0.25, 0.3) is 0 Å². The summed E-state index contributed by atoms with van der Waals surface area (Å²) in [5, 5.41) is 3.38. The number of carbonyl (C=O) groups is 1. The van der Waals surface area contributed by atoms with Gasteiger partial charge in [0.15, 0.2) is 0 Å². The van der Waals surface area contributed by atoms with Crippen molar-refractivity contribution in [2.45, 2.75) is 43.7 Å². The molecule has 4 nitrogen and oxygen atoms in total. The van der Waals surface area contributed by atoms with Crippen LogP contribution >= 0.6 is 0 Å². The van der Waals surface area contributed by atoms with Gasteiger partial charge in [0.05, 0.1) is 6.04 Å². The van der Waals surface area contributed by atoms with Crippen molar-refractivity contribution in [3.8, 4) is 0 Å². The first-order valence-electron chi connectivity index (χ1n) is 7.83. The van der Waals surface area contributed by atoms with Crippen molar-refractivity contribution in [1.82, 2.24) is 10.2 Å². The number of hydrogen-bond donors (Lipinski definition) is 1. The first kappa shape index (κ1) is 17.2. The molecule has 5 heteroatoms. The Morgan fingerprint density at radius 1 is 1.36 bits per heavy atom. The Morgan fingerprint density at radius 3 is 2.55 bits per heavy atom. The zero-order valence-corrected chi connectivity index (χ0v) is 14.7. The van der Waals surface area contributed by atoms with E-state index < -0.39 is 10.8 Å². The minimum Gasteiger partial charge on any atom is -0.339 e. The summed E-state index contributed by atoms with van der Waals surface area (Å²) in [6.07, 6.45) is 3.49. The van der Waals surface area contributed by atoms with Crippen LogP contribution in [0, 0.1) is 5.92 Å². The van der Waals surface area contributed by atoms with Crippen molar-refractivity contribution in [2.24, 2.45) is 5.92 Å². The standard InChI is InChI=1S/C17H26N2O2S/c1-12-11-15(9-10-18-12)17(20)19(3)13(2)14-5-7-16(8-6-14)22(4)21/h5-8,12-13,15,18H,9-11H2,1-4H3/t12-,13?,15-,22?/m0/s1. The molecule has 1 heterocycles. The fourth-order valence-corrected chi connectivity index (χ4v) is 3.52. The lowest BCUT2D eigenvalue weighted by Crippen LogP contribution is -2.43. The highest BCUT2D eigenvalue weighted by Crippen LogP contribution is 2.25. The number of hydrogen-bond acceptors (Lipinski definition) is 3. The predicted octanol–water partition coefficient (Wildman–Crippen LogP) is 2.33. The number of rotatable bonds is 4. The molecule has 1 amide bonds. The Kier molecular flexibility index (Phi) is 5.75. The van der Waals surface area contributed by atoms with Gasteiger partial charge in [0.2, 0.25) is 5.91 Å². The third-order valence-corrected chi connectivity index (χ3v) is 5.53. The topological polar surface area (TPSA) is 49.4 Å². The second-order valence-electron chi connectivity index (χ2n) is 6.22. The Labute approximate surface area is 135 Å². The highest BCUT2D eigenvalue weighted by Gasteiger charge is 2.29. The Morgan fingerprint density at radius 2 is 2.00 bits per heavy atom. The van der Waals surface area contributed by atoms with Crippen LogP contribution in [0.15, 0.2) is 29.2 Å². The van der Waals surface area contributed by atoms with E-state index >= 15 is 0 Å².